The van der Waals surface area contributed by atoms with Crippen LogP contribution in [0, 0.1) is 0 Å². The Labute approximate surface area is 157 Å². The molecule has 7 heteroatoms. The van der Waals surface area contributed by atoms with Crippen LogP contribution in [0.25, 0.3) is 0 Å². The molecule has 0 saturated carbocycles. The van der Waals surface area contributed by atoms with E-state index in [0.29, 0.717) is 19.0 Å². The van der Waals surface area contributed by atoms with Gasteiger partial charge < -0.3 is 24.8 Å². The molecule has 0 amide bonds. The Morgan fingerprint density at radius 2 is 1.89 bits per heavy atom. The maximum atomic E-state index is 5.40. The molecule has 0 saturated heterocycles. The number of anilines is 2. The van der Waals surface area contributed by atoms with Gasteiger partial charge in [0, 0.05) is 24.8 Å². The average Bonchev–Trinajstić information content (AvgIpc) is 3.19. The summed E-state index contributed by atoms with van der Waals surface area (Å²) in [5, 5.41) is 6.53. The predicted octanol–water partition coefficient (Wildman–Crippen LogP) is 3.44. The molecule has 1 aromatic heterocycles. The third kappa shape index (κ3) is 4.03. The summed E-state index contributed by atoms with van der Waals surface area (Å²) in [4.78, 5) is 8.77. The number of aromatic nitrogens is 2. The van der Waals surface area contributed by atoms with Crippen LogP contribution in [0.5, 0.6) is 17.2 Å². The van der Waals surface area contributed by atoms with Crippen molar-refractivity contribution in [3.63, 3.8) is 0 Å². The van der Waals surface area contributed by atoms with Gasteiger partial charge in [-0.25, -0.2) is 4.98 Å². The maximum Gasteiger partial charge on any atom is 0.231 e. The molecule has 0 bridgehead atoms. The number of nitrogens with zero attached hydrogens (tertiary/aromatic N) is 2. The fraction of sp³-hybridized carbons (Fsp3) is 0.200. The summed E-state index contributed by atoms with van der Waals surface area (Å²) in [6.07, 6.45) is 1.72. The van der Waals surface area contributed by atoms with Crippen LogP contribution < -0.4 is 24.8 Å². The van der Waals surface area contributed by atoms with Crippen LogP contribution in [0.2, 0.25) is 0 Å². The monoisotopic (exact) mass is 364 g/mol. The Bertz CT molecular complexity index is 933. The fourth-order valence-electron chi connectivity index (χ4n) is 2.81. The van der Waals surface area contributed by atoms with Gasteiger partial charge in [0.05, 0.1) is 7.11 Å². The lowest BCUT2D eigenvalue weighted by Crippen LogP contribution is -2.07. The zero-order valence-electron chi connectivity index (χ0n) is 14.9. The van der Waals surface area contributed by atoms with E-state index in [4.69, 9.17) is 14.2 Å². The molecule has 2 aromatic carbocycles. The van der Waals surface area contributed by atoms with E-state index >= 15 is 0 Å². The Balaban J connectivity index is 1.37. The molecule has 2 heterocycles. The Morgan fingerprint density at radius 3 is 2.81 bits per heavy atom. The van der Waals surface area contributed by atoms with Gasteiger partial charge in [-0.05, 0) is 29.8 Å². The van der Waals surface area contributed by atoms with Crippen molar-refractivity contribution in [2.24, 2.45) is 0 Å². The van der Waals surface area contributed by atoms with Gasteiger partial charge in [0.2, 0.25) is 12.7 Å². The molecule has 1 aliphatic rings. The van der Waals surface area contributed by atoms with E-state index in [1.165, 1.54) is 0 Å². The first kappa shape index (κ1) is 17.0. The number of fused-ring (bicyclic) bond motifs is 1. The first-order valence-electron chi connectivity index (χ1n) is 8.63. The van der Waals surface area contributed by atoms with Crippen LogP contribution in [0.1, 0.15) is 11.1 Å². The second kappa shape index (κ2) is 7.82. The van der Waals surface area contributed by atoms with E-state index < -0.39 is 0 Å². The molecule has 0 spiro atoms. The van der Waals surface area contributed by atoms with Gasteiger partial charge in [-0.15, -0.1) is 0 Å². The first-order valence-corrected chi connectivity index (χ1v) is 8.63. The zero-order chi connectivity index (χ0) is 18.5. The number of hydrogen-bond acceptors (Lipinski definition) is 7. The van der Waals surface area contributed by atoms with E-state index in [-0.39, 0.29) is 6.79 Å². The van der Waals surface area contributed by atoms with Crippen molar-refractivity contribution in [2.45, 2.75) is 13.1 Å². The topological polar surface area (TPSA) is 77.5 Å². The molecular weight excluding hydrogens is 344 g/mol. The molecule has 138 valence electrons. The predicted molar refractivity (Wildman–Crippen MR) is 102 cm³/mol. The van der Waals surface area contributed by atoms with Crippen LogP contribution in [-0.2, 0) is 13.1 Å². The number of hydrogen-bond donors (Lipinski definition) is 2. The average molecular weight is 364 g/mol. The van der Waals surface area contributed by atoms with E-state index in [1.807, 2.05) is 48.5 Å². The summed E-state index contributed by atoms with van der Waals surface area (Å²) in [6, 6.07) is 15.6. The summed E-state index contributed by atoms with van der Waals surface area (Å²) >= 11 is 0. The molecular formula is C20H20N4O3. The third-order valence-corrected chi connectivity index (χ3v) is 4.20. The summed E-state index contributed by atoms with van der Waals surface area (Å²) in [5.41, 5.74) is 2.13. The Morgan fingerprint density at radius 1 is 1.00 bits per heavy atom. The zero-order valence-corrected chi connectivity index (χ0v) is 14.9. The molecule has 27 heavy (non-hydrogen) atoms. The van der Waals surface area contributed by atoms with E-state index in [1.54, 1.807) is 13.3 Å². The fourth-order valence-corrected chi connectivity index (χ4v) is 2.81. The molecule has 3 aromatic rings. The largest absolute Gasteiger partial charge is 0.496 e. The van der Waals surface area contributed by atoms with E-state index in [2.05, 4.69) is 20.6 Å². The highest BCUT2D eigenvalue weighted by atomic mass is 16.7. The van der Waals surface area contributed by atoms with Crippen molar-refractivity contribution >= 4 is 11.8 Å². The van der Waals surface area contributed by atoms with E-state index in [9.17, 15) is 0 Å². The summed E-state index contributed by atoms with van der Waals surface area (Å²) in [6.45, 7) is 1.48. The van der Waals surface area contributed by atoms with Crippen molar-refractivity contribution < 1.29 is 14.2 Å². The number of para-hydroxylation sites is 1. The standard InChI is InChI=1S/C20H20N4O3/c1-25-16-5-3-2-4-15(16)12-22-19-8-9-21-20(24-19)23-11-14-6-7-17-18(10-14)27-13-26-17/h2-10H,11-13H2,1H3,(H2,21,22,23,24). The molecule has 0 unspecified atom stereocenters. The van der Waals surface area contributed by atoms with Crippen molar-refractivity contribution in [1.29, 1.82) is 0 Å². The number of methoxy groups -OCH3 is 1. The molecule has 2 N–H and O–H groups in total. The van der Waals surface area contributed by atoms with Crippen LogP contribution >= 0.6 is 0 Å². The third-order valence-electron chi connectivity index (χ3n) is 4.20. The molecule has 0 radical (unpaired) electrons. The maximum absolute atomic E-state index is 5.40. The first-order chi connectivity index (χ1) is 13.3. The van der Waals surface area contributed by atoms with Crippen molar-refractivity contribution in [1.82, 2.24) is 9.97 Å². The lowest BCUT2D eigenvalue weighted by Gasteiger charge is -2.11. The van der Waals surface area contributed by atoms with Gasteiger partial charge in [-0.2, -0.15) is 4.98 Å². The lowest BCUT2D eigenvalue weighted by atomic mass is 10.2. The van der Waals surface area contributed by atoms with Gasteiger partial charge in [0.15, 0.2) is 11.5 Å². The summed E-state index contributed by atoms with van der Waals surface area (Å²) in [5.74, 6) is 3.68. The van der Waals surface area contributed by atoms with Gasteiger partial charge in [0.25, 0.3) is 0 Å². The van der Waals surface area contributed by atoms with Gasteiger partial charge in [-0.1, -0.05) is 24.3 Å². The van der Waals surface area contributed by atoms with Gasteiger partial charge in [0.1, 0.15) is 11.6 Å². The van der Waals surface area contributed by atoms with Gasteiger partial charge in [-0.3, -0.25) is 0 Å². The quantitative estimate of drug-likeness (QED) is 0.665. The van der Waals surface area contributed by atoms with Crippen molar-refractivity contribution in [3.05, 3.63) is 65.9 Å². The number of nitrogens with one attached hydrogen (secondary N) is 2. The van der Waals surface area contributed by atoms with Crippen LogP contribution in [-0.4, -0.2) is 23.9 Å². The van der Waals surface area contributed by atoms with Crippen molar-refractivity contribution in [3.8, 4) is 17.2 Å². The number of ether oxygens (including phenoxy) is 3. The minimum atomic E-state index is 0.273. The lowest BCUT2D eigenvalue weighted by molar-refractivity contribution is 0.174. The molecule has 0 aliphatic carbocycles. The number of benzene rings is 2. The summed E-state index contributed by atoms with van der Waals surface area (Å²) in [7, 11) is 1.67. The highest BCUT2D eigenvalue weighted by molar-refractivity contribution is 5.46. The Kier molecular flexibility index (Phi) is 4.91. The van der Waals surface area contributed by atoms with Crippen LogP contribution in [0.4, 0.5) is 11.8 Å². The SMILES string of the molecule is COc1ccccc1CNc1ccnc(NCc2ccc3c(c2)OCO3)n1. The van der Waals surface area contributed by atoms with Crippen LogP contribution in [0.3, 0.4) is 0 Å². The normalized spacial score (nSPS) is 11.9. The van der Waals surface area contributed by atoms with Gasteiger partial charge >= 0.3 is 0 Å². The molecule has 1 aliphatic heterocycles. The van der Waals surface area contributed by atoms with Crippen molar-refractivity contribution in [2.75, 3.05) is 24.5 Å². The summed E-state index contributed by atoms with van der Waals surface area (Å²) < 4.78 is 16.1. The van der Waals surface area contributed by atoms with E-state index in [0.717, 1.165) is 34.2 Å². The minimum Gasteiger partial charge on any atom is -0.496 e. The molecule has 0 atom stereocenters. The highest BCUT2D eigenvalue weighted by Gasteiger charge is 2.13. The number of rotatable bonds is 7. The molecule has 0 fully saturated rings. The second-order valence-electron chi connectivity index (χ2n) is 5.97. The molecule has 4 rings (SSSR count). The second-order valence-corrected chi connectivity index (χ2v) is 5.97. The Hall–Kier alpha value is -3.48. The smallest absolute Gasteiger partial charge is 0.231 e. The van der Waals surface area contributed by atoms with Crippen LogP contribution in [0.15, 0.2) is 54.7 Å². The highest BCUT2D eigenvalue weighted by Crippen LogP contribution is 2.32. The minimum absolute atomic E-state index is 0.273. The molecule has 7 nitrogen and oxygen atoms in total.